The summed E-state index contributed by atoms with van der Waals surface area (Å²) in [6, 6.07) is 0. The van der Waals surface area contributed by atoms with Crippen molar-refractivity contribution in [3.8, 4) is 0 Å². The highest BCUT2D eigenvalue weighted by atomic mass is 16.6. The van der Waals surface area contributed by atoms with Crippen LogP contribution in [0.5, 0.6) is 0 Å². The lowest BCUT2D eigenvalue weighted by atomic mass is 10.0. The molecule has 168 valence electrons. The van der Waals surface area contributed by atoms with Crippen LogP contribution in [0.15, 0.2) is 12.2 Å². The van der Waals surface area contributed by atoms with E-state index in [1.807, 2.05) is 0 Å². The van der Waals surface area contributed by atoms with Crippen LogP contribution in [0.4, 0.5) is 0 Å². The Morgan fingerprint density at radius 3 is 1.83 bits per heavy atom. The van der Waals surface area contributed by atoms with Gasteiger partial charge in [0.05, 0.1) is 0 Å². The average Bonchev–Trinajstić information content (AvgIpc) is 3.12. The third-order valence-corrected chi connectivity index (χ3v) is 5.85. The fourth-order valence-electron chi connectivity index (χ4n) is 3.99. The van der Waals surface area contributed by atoms with Crippen LogP contribution in [-0.4, -0.2) is 29.5 Å². The third-order valence-electron chi connectivity index (χ3n) is 5.85. The Labute approximate surface area is 179 Å². The van der Waals surface area contributed by atoms with Gasteiger partial charge in [-0.15, -0.1) is 0 Å². The molecule has 1 saturated heterocycles. The van der Waals surface area contributed by atoms with Crippen molar-refractivity contribution in [1.82, 2.24) is 4.90 Å². The zero-order valence-corrected chi connectivity index (χ0v) is 19.2. The van der Waals surface area contributed by atoms with Crippen molar-refractivity contribution in [2.45, 2.75) is 129 Å². The topological polar surface area (TPSA) is 46.6 Å². The van der Waals surface area contributed by atoms with Crippen LogP contribution in [0.2, 0.25) is 0 Å². The molecule has 0 radical (unpaired) electrons. The van der Waals surface area contributed by atoms with Gasteiger partial charge in [0.2, 0.25) is 5.91 Å². The number of amides is 1. The Balaban J connectivity index is 2.05. The molecule has 1 fully saturated rings. The number of ether oxygens (including phenoxy) is 1. The number of hydrogen-bond donors (Lipinski definition) is 0. The van der Waals surface area contributed by atoms with Gasteiger partial charge in [0, 0.05) is 25.0 Å². The van der Waals surface area contributed by atoms with Gasteiger partial charge in [-0.2, -0.15) is 0 Å². The third kappa shape index (κ3) is 12.1. The molecule has 1 atom stereocenters. The quantitative estimate of drug-likeness (QED) is 0.141. The number of carbonyl (C=O) groups excluding carboxylic acids is 2. The largest absolute Gasteiger partial charge is 0.438 e. The first kappa shape index (κ1) is 25.7. The number of likely N-dealkylation sites (tertiary alicyclic amines) is 1. The SMILES string of the molecule is C=C(C)C(=O)OC(CCCCCCCCCCCCCCCC)N1CCCC1=O. The summed E-state index contributed by atoms with van der Waals surface area (Å²) in [7, 11) is 0. The molecule has 4 nitrogen and oxygen atoms in total. The number of carbonyl (C=O) groups is 2. The lowest BCUT2D eigenvalue weighted by molar-refractivity contribution is -0.159. The van der Waals surface area contributed by atoms with Crippen LogP contribution in [0, 0.1) is 0 Å². The molecule has 4 heteroatoms. The molecule has 1 unspecified atom stereocenters. The maximum Gasteiger partial charge on any atom is 0.335 e. The highest BCUT2D eigenvalue weighted by molar-refractivity contribution is 5.87. The number of esters is 1. The smallest absolute Gasteiger partial charge is 0.335 e. The minimum absolute atomic E-state index is 0.106. The van der Waals surface area contributed by atoms with Gasteiger partial charge in [-0.1, -0.05) is 97.0 Å². The van der Waals surface area contributed by atoms with Gasteiger partial charge in [-0.3, -0.25) is 4.79 Å². The fourth-order valence-corrected chi connectivity index (χ4v) is 3.99. The number of hydrogen-bond acceptors (Lipinski definition) is 3. The van der Waals surface area contributed by atoms with Crippen molar-refractivity contribution >= 4 is 11.9 Å². The molecule has 1 aliphatic rings. The van der Waals surface area contributed by atoms with E-state index in [4.69, 9.17) is 4.74 Å². The lowest BCUT2D eigenvalue weighted by Crippen LogP contribution is -2.39. The monoisotopic (exact) mass is 407 g/mol. The van der Waals surface area contributed by atoms with Gasteiger partial charge in [-0.25, -0.2) is 4.79 Å². The van der Waals surface area contributed by atoms with Crippen molar-refractivity contribution in [2.75, 3.05) is 6.54 Å². The highest BCUT2D eigenvalue weighted by Gasteiger charge is 2.30. The van der Waals surface area contributed by atoms with Gasteiger partial charge in [0.1, 0.15) is 0 Å². The Morgan fingerprint density at radius 2 is 1.41 bits per heavy atom. The maximum atomic E-state index is 12.0. The van der Waals surface area contributed by atoms with Crippen molar-refractivity contribution in [2.24, 2.45) is 0 Å². The van der Waals surface area contributed by atoms with Gasteiger partial charge >= 0.3 is 5.97 Å². The molecule has 0 aliphatic carbocycles. The summed E-state index contributed by atoms with van der Waals surface area (Å²) in [5, 5.41) is 0. The summed E-state index contributed by atoms with van der Waals surface area (Å²) >= 11 is 0. The summed E-state index contributed by atoms with van der Waals surface area (Å²) in [6.45, 7) is 8.27. The Hall–Kier alpha value is -1.32. The number of nitrogens with zero attached hydrogens (tertiary/aromatic N) is 1. The Kier molecular flexibility index (Phi) is 14.6. The summed E-state index contributed by atoms with van der Waals surface area (Å²) in [6.07, 6.45) is 20.2. The van der Waals surface area contributed by atoms with E-state index in [1.54, 1.807) is 11.8 Å². The lowest BCUT2D eigenvalue weighted by Gasteiger charge is -2.27. The van der Waals surface area contributed by atoms with Crippen LogP contribution in [0.25, 0.3) is 0 Å². The van der Waals surface area contributed by atoms with Gasteiger partial charge in [0.15, 0.2) is 6.23 Å². The molecular formula is C25H45NO3. The minimum atomic E-state index is -0.411. The molecule has 0 aromatic carbocycles. The predicted octanol–water partition coefficient (Wildman–Crippen LogP) is 6.93. The molecule has 0 spiro atoms. The summed E-state index contributed by atoms with van der Waals surface area (Å²) in [5.41, 5.74) is 0.391. The molecule has 0 bridgehead atoms. The van der Waals surface area contributed by atoms with E-state index in [2.05, 4.69) is 13.5 Å². The molecule has 0 aromatic rings. The van der Waals surface area contributed by atoms with Crippen LogP contribution < -0.4 is 0 Å². The van der Waals surface area contributed by atoms with Gasteiger partial charge < -0.3 is 9.64 Å². The maximum absolute atomic E-state index is 12.0. The first-order valence-electron chi connectivity index (χ1n) is 12.2. The standard InChI is InChI=1S/C25H45NO3/c1-4-5-6-7-8-9-10-11-12-13-14-15-16-17-20-24(29-25(28)22(2)3)26-21-18-19-23(26)27/h24H,2,4-21H2,1,3H3. The fraction of sp³-hybridized carbons (Fsp3) is 0.840. The van der Waals surface area contributed by atoms with E-state index in [0.29, 0.717) is 18.5 Å². The van der Waals surface area contributed by atoms with Crippen molar-refractivity contribution in [1.29, 1.82) is 0 Å². The van der Waals surface area contributed by atoms with Gasteiger partial charge in [0.25, 0.3) is 0 Å². The molecule has 1 heterocycles. The van der Waals surface area contributed by atoms with Crippen molar-refractivity contribution < 1.29 is 14.3 Å². The van der Waals surface area contributed by atoms with Crippen LogP contribution in [-0.2, 0) is 14.3 Å². The van der Waals surface area contributed by atoms with E-state index >= 15 is 0 Å². The molecule has 0 saturated carbocycles. The normalized spacial score (nSPS) is 15.0. The van der Waals surface area contributed by atoms with Crippen molar-refractivity contribution in [3.05, 3.63) is 12.2 Å². The van der Waals surface area contributed by atoms with E-state index in [9.17, 15) is 9.59 Å². The molecule has 0 aromatic heterocycles. The zero-order valence-electron chi connectivity index (χ0n) is 19.2. The average molecular weight is 408 g/mol. The first-order chi connectivity index (χ1) is 14.1. The molecule has 1 amide bonds. The first-order valence-corrected chi connectivity index (χ1v) is 12.2. The second kappa shape index (κ2) is 16.5. The van der Waals surface area contributed by atoms with Crippen molar-refractivity contribution in [3.63, 3.8) is 0 Å². The van der Waals surface area contributed by atoms with Crippen LogP contribution >= 0.6 is 0 Å². The van der Waals surface area contributed by atoms with Crippen LogP contribution in [0.1, 0.15) is 123 Å². The Morgan fingerprint density at radius 1 is 0.931 bits per heavy atom. The molecule has 1 rings (SSSR count). The van der Waals surface area contributed by atoms with Crippen LogP contribution in [0.3, 0.4) is 0 Å². The second-order valence-corrected chi connectivity index (χ2v) is 8.72. The molecule has 0 N–H and O–H groups in total. The molecule has 29 heavy (non-hydrogen) atoms. The molecule has 1 aliphatic heterocycles. The summed E-state index contributed by atoms with van der Waals surface area (Å²) in [4.78, 5) is 25.7. The summed E-state index contributed by atoms with van der Waals surface area (Å²) in [5.74, 6) is -0.282. The van der Waals surface area contributed by atoms with E-state index in [-0.39, 0.29) is 11.9 Å². The van der Waals surface area contributed by atoms with Gasteiger partial charge in [-0.05, 0) is 19.8 Å². The number of unbranched alkanes of at least 4 members (excludes halogenated alkanes) is 13. The predicted molar refractivity (Wildman–Crippen MR) is 121 cm³/mol. The van der Waals surface area contributed by atoms with E-state index in [1.165, 1.54) is 77.0 Å². The second-order valence-electron chi connectivity index (χ2n) is 8.72. The zero-order chi connectivity index (χ0) is 21.3. The minimum Gasteiger partial charge on any atom is -0.438 e. The van der Waals surface area contributed by atoms with E-state index in [0.717, 1.165) is 25.7 Å². The van der Waals surface area contributed by atoms with E-state index < -0.39 is 6.23 Å². The number of rotatable bonds is 18. The summed E-state index contributed by atoms with van der Waals surface area (Å²) < 4.78 is 5.55. The molecular weight excluding hydrogens is 362 g/mol. The highest BCUT2D eigenvalue weighted by Crippen LogP contribution is 2.21. The Bertz CT molecular complexity index is 475.